The number of aromatic hydroxyl groups is 1. The molecule has 0 aliphatic heterocycles. The van der Waals surface area contributed by atoms with Crippen molar-refractivity contribution in [2.24, 2.45) is 0 Å². The Labute approximate surface area is 119 Å². The topological polar surface area (TPSA) is 105 Å². The Morgan fingerprint density at radius 2 is 2.05 bits per heavy atom. The Kier molecular flexibility index (Phi) is 3.17. The average Bonchev–Trinajstić information content (AvgIpc) is 3.27. The predicted molar refractivity (Wildman–Crippen MR) is 73.3 cm³/mol. The molecule has 0 bridgehead atoms. The summed E-state index contributed by atoms with van der Waals surface area (Å²) in [5, 5.41) is 12.0. The molecule has 108 valence electrons. The van der Waals surface area contributed by atoms with E-state index in [1.807, 2.05) is 0 Å². The lowest BCUT2D eigenvalue weighted by atomic mass is 10.3. The van der Waals surface area contributed by atoms with E-state index in [1.165, 1.54) is 25.4 Å². The fraction of sp³-hybridized carbons (Fsp3) is 0.286. The Morgan fingerprint density at radius 3 is 2.62 bits per heavy atom. The van der Waals surface area contributed by atoms with Crippen molar-refractivity contribution in [3.05, 3.63) is 46.0 Å². The summed E-state index contributed by atoms with van der Waals surface area (Å²) in [5.41, 5.74) is -0.896. The number of amides is 1. The monoisotopic (exact) mass is 287 g/mol. The third-order valence-electron chi connectivity index (χ3n) is 3.17. The zero-order valence-corrected chi connectivity index (χ0v) is 11.3. The third kappa shape index (κ3) is 2.76. The first-order chi connectivity index (χ1) is 10.0. The summed E-state index contributed by atoms with van der Waals surface area (Å²) >= 11 is 0. The number of rotatable bonds is 3. The van der Waals surface area contributed by atoms with Gasteiger partial charge in [-0.05, 0) is 19.8 Å². The molecule has 0 spiro atoms. The number of carbonyl (C=O) groups is 1. The number of aryl methyl sites for hydroxylation is 1. The molecule has 1 amide bonds. The highest BCUT2D eigenvalue weighted by Gasteiger charge is 2.26. The van der Waals surface area contributed by atoms with Crippen LogP contribution in [0.25, 0.3) is 0 Å². The molecule has 0 unspecified atom stereocenters. The van der Waals surface area contributed by atoms with Crippen LogP contribution in [0.1, 0.15) is 40.7 Å². The van der Waals surface area contributed by atoms with Crippen molar-refractivity contribution in [1.29, 1.82) is 0 Å². The van der Waals surface area contributed by atoms with Gasteiger partial charge in [-0.1, -0.05) is 0 Å². The molecule has 0 radical (unpaired) electrons. The van der Waals surface area contributed by atoms with Crippen molar-refractivity contribution in [1.82, 2.24) is 9.97 Å². The molecule has 0 aromatic carbocycles. The molecule has 21 heavy (non-hydrogen) atoms. The van der Waals surface area contributed by atoms with Gasteiger partial charge in [-0.15, -0.1) is 0 Å². The maximum atomic E-state index is 12.0. The van der Waals surface area contributed by atoms with Gasteiger partial charge >= 0.3 is 5.63 Å². The van der Waals surface area contributed by atoms with Gasteiger partial charge in [-0.25, -0.2) is 14.8 Å². The second kappa shape index (κ2) is 5.01. The number of carbonyl (C=O) groups excluding carboxylic acids is 1. The van der Waals surface area contributed by atoms with E-state index >= 15 is 0 Å². The number of nitrogens with one attached hydrogen (secondary N) is 1. The van der Waals surface area contributed by atoms with Crippen molar-refractivity contribution in [2.75, 3.05) is 5.32 Å². The number of hydrogen-bond donors (Lipinski definition) is 2. The normalized spacial score (nSPS) is 14.0. The molecule has 0 saturated heterocycles. The molecular formula is C14H13N3O4. The largest absolute Gasteiger partial charge is 0.505 e. The van der Waals surface area contributed by atoms with E-state index in [4.69, 9.17) is 4.42 Å². The van der Waals surface area contributed by atoms with Gasteiger partial charge in [0, 0.05) is 24.4 Å². The molecule has 0 atom stereocenters. The zero-order valence-electron chi connectivity index (χ0n) is 11.3. The van der Waals surface area contributed by atoms with Crippen LogP contribution in [0.2, 0.25) is 0 Å². The van der Waals surface area contributed by atoms with Crippen LogP contribution in [0.5, 0.6) is 5.75 Å². The molecule has 3 rings (SSSR count). The summed E-state index contributed by atoms with van der Waals surface area (Å²) in [7, 11) is 0. The zero-order chi connectivity index (χ0) is 15.0. The molecule has 2 N–H and O–H groups in total. The minimum Gasteiger partial charge on any atom is -0.505 e. The summed E-state index contributed by atoms with van der Waals surface area (Å²) < 4.78 is 4.82. The molecule has 2 heterocycles. The quantitative estimate of drug-likeness (QED) is 0.887. The SMILES string of the molecule is Cc1cc(O)c(NC(=O)c2cnc(C3CC3)nc2)c(=O)o1. The van der Waals surface area contributed by atoms with Crippen molar-refractivity contribution in [3.8, 4) is 5.75 Å². The summed E-state index contributed by atoms with van der Waals surface area (Å²) in [6.07, 6.45) is 4.96. The Balaban J connectivity index is 1.81. The van der Waals surface area contributed by atoms with Crippen molar-refractivity contribution >= 4 is 11.6 Å². The van der Waals surface area contributed by atoms with Crippen LogP contribution in [0.15, 0.2) is 27.7 Å². The lowest BCUT2D eigenvalue weighted by Gasteiger charge is -2.06. The van der Waals surface area contributed by atoms with Crippen molar-refractivity contribution in [2.45, 2.75) is 25.7 Å². The third-order valence-corrected chi connectivity index (χ3v) is 3.17. The van der Waals surface area contributed by atoms with Crippen LogP contribution in [-0.2, 0) is 0 Å². The maximum Gasteiger partial charge on any atom is 0.363 e. The van der Waals surface area contributed by atoms with Gasteiger partial charge < -0.3 is 14.8 Å². The Morgan fingerprint density at radius 1 is 1.38 bits per heavy atom. The van der Waals surface area contributed by atoms with Gasteiger partial charge in [0.15, 0.2) is 5.69 Å². The Hall–Kier alpha value is -2.70. The van der Waals surface area contributed by atoms with Crippen LogP contribution in [-0.4, -0.2) is 21.0 Å². The predicted octanol–water partition coefficient (Wildman–Crippen LogP) is 1.57. The minimum atomic E-state index is -0.809. The summed E-state index contributed by atoms with van der Waals surface area (Å²) in [4.78, 5) is 31.9. The molecule has 1 aliphatic rings. The minimum absolute atomic E-state index is 0.207. The maximum absolute atomic E-state index is 12.0. The molecule has 7 heteroatoms. The molecule has 2 aromatic rings. The molecule has 1 fully saturated rings. The van der Waals surface area contributed by atoms with Crippen LogP contribution < -0.4 is 10.9 Å². The Bertz CT molecular complexity index is 748. The smallest absolute Gasteiger partial charge is 0.363 e. The summed E-state index contributed by atoms with van der Waals surface area (Å²) in [5.74, 6) is 0.462. The van der Waals surface area contributed by atoms with E-state index in [0.29, 0.717) is 5.92 Å². The lowest BCUT2D eigenvalue weighted by Crippen LogP contribution is -2.18. The van der Waals surface area contributed by atoms with Crippen LogP contribution in [0.4, 0.5) is 5.69 Å². The highest BCUT2D eigenvalue weighted by Crippen LogP contribution is 2.37. The number of aromatic nitrogens is 2. The fourth-order valence-corrected chi connectivity index (χ4v) is 1.90. The van der Waals surface area contributed by atoms with E-state index in [-0.39, 0.29) is 22.8 Å². The van der Waals surface area contributed by atoms with Gasteiger partial charge in [0.2, 0.25) is 0 Å². The van der Waals surface area contributed by atoms with E-state index < -0.39 is 11.5 Å². The van der Waals surface area contributed by atoms with Crippen LogP contribution in [0, 0.1) is 6.92 Å². The van der Waals surface area contributed by atoms with Crippen molar-refractivity contribution < 1.29 is 14.3 Å². The van der Waals surface area contributed by atoms with Crippen molar-refractivity contribution in [3.63, 3.8) is 0 Å². The van der Waals surface area contributed by atoms with Gasteiger partial charge in [0.1, 0.15) is 17.3 Å². The van der Waals surface area contributed by atoms with Gasteiger partial charge in [0.05, 0.1) is 5.56 Å². The molecule has 1 aliphatic carbocycles. The molecular weight excluding hydrogens is 274 g/mol. The van der Waals surface area contributed by atoms with E-state index in [2.05, 4.69) is 15.3 Å². The first-order valence-electron chi connectivity index (χ1n) is 6.51. The van der Waals surface area contributed by atoms with Gasteiger partial charge in [0.25, 0.3) is 5.91 Å². The highest BCUT2D eigenvalue weighted by molar-refractivity contribution is 6.04. The second-order valence-corrected chi connectivity index (χ2v) is 4.96. The number of nitrogens with zero attached hydrogens (tertiary/aromatic N) is 2. The summed E-state index contributed by atoms with van der Waals surface area (Å²) in [6.45, 7) is 1.52. The standard InChI is InChI=1S/C14H13N3O4/c1-7-4-10(18)11(14(20)21-7)17-13(19)9-5-15-12(16-6-9)8-2-3-8/h4-6,8,18H,2-3H2,1H3,(H,17,19). The first kappa shape index (κ1) is 13.3. The van der Waals surface area contributed by atoms with E-state index in [1.54, 1.807) is 0 Å². The number of anilines is 1. The second-order valence-electron chi connectivity index (χ2n) is 4.96. The number of hydrogen-bond acceptors (Lipinski definition) is 6. The van der Waals surface area contributed by atoms with Gasteiger partial charge in [-0.3, -0.25) is 4.79 Å². The van der Waals surface area contributed by atoms with Crippen LogP contribution >= 0.6 is 0 Å². The van der Waals surface area contributed by atoms with E-state index in [9.17, 15) is 14.7 Å². The molecule has 7 nitrogen and oxygen atoms in total. The molecule has 2 aromatic heterocycles. The molecule has 1 saturated carbocycles. The average molecular weight is 287 g/mol. The fourth-order valence-electron chi connectivity index (χ4n) is 1.90. The lowest BCUT2D eigenvalue weighted by molar-refractivity contribution is 0.102. The summed E-state index contributed by atoms with van der Waals surface area (Å²) in [6, 6.07) is 1.25. The van der Waals surface area contributed by atoms with Crippen LogP contribution in [0.3, 0.4) is 0 Å². The van der Waals surface area contributed by atoms with Gasteiger partial charge in [-0.2, -0.15) is 0 Å². The first-order valence-corrected chi connectivity index (χ1v) is 6.51. The van der Waals surface area contributed by atoms with E-state index in [0.717, 1.165) is 18.7 Å². The highest BCUT2D eigenvalue weighted by atomic mass is 16.4.